The van der Waals surface area contributed by atoms with Crippen molar-refractivity contribution in [3.8, 4) is 0 Å². The van der Waals surface area contributed by atoms with Crippen LogP contribution in [-0.2, 0) is 0 Å². The molecule has 0 heterocycles. The fraction of sp³-hybridized carbons (Fsp3) is 1.00. The third-order valence-corrected chi connectivity index (χ3v) is 5.44. The van der Waals surface area contributed by atoms with E-state index in [4.69, 9.17) is 0 Å². The Kier molecular flexibility index (Phi) is 9.59. The van der Waals surface area contributed by atoms with Crippen LogP contribution in [0, 0.1) is 0 Å². The lowest BCUT2D eigenvalue weighted by Gasteiger charge is -2.45. The van der Waals surface area contributed by atoms with Crippen molar-refractivity contribution in [2.24, 2.45) is 0 Å². The van der Waals surface area contributed by atoms with Crippen LogP contribution in [0.5, 0.6) is 0 Å². The summed E-state index contributed by atoms with van der Waals surface area (Å²) in [7, 11) is 2.41. The van der Waals surface area contributed by atoms with E-state index in [9.17, 15) is 0 Å². The van der Waals surface area contributed by atoms with Crippen LogP contribution in [0.3, 0.4) is 0 Å². The van der Waals surface area contributed by atoms with Crippen molar-refractivity contribution in [2.75, 3.05) is 13.6 Å². The summed E-state index contributed by atoms with van der Waals surface area (Å²) in [4.78, 5) is 2.76. The highest BCUT2D eigenvalue weighted by molar-refractivity contribution is 4.91. The molecule has 0 aliphatic heterocycles. The average Bonchev–Trinajstić information content (AvgIpc) is 2.49. The Morgan fingerprint density at radius 2 is 1.35 bits per heavy atom. The van der Waals surface area contributed by atoms with Crippen molar-refractivity contribution in [3.63, 3.8) is 0 Å². The first-order valence-electron chi connectivity index (χ1n) is 9.46. The van der Waals surface area contributed by atoms with Gasteiger partial charge in [-0.3, -0.25) is 0 Å². The number of nitrogens with zero attached hydrogens (tertiary/aromatic N) is 1. The SMILES string of the molecule is CCCCCCN(C)C1(CCCCCC)CCCCC1. The summed E-state index contributed by atoms with van der Waals surface area (Å²) in [5, 5.41) is 0. The van der Waals surface area contributed by atoms with Crippen LogP contribution in [0.1, 0.15) is 104 Å². The first-order chi connectivity index (χ1) is 9.75. The zero-order valence-corrected chi connectivity index (χ0v) is 14.6. The lowest BCUT2D eigenvalue weighted by Crippen LogP contribution is -2.48. The van der Waals surface area contributed by atoms with Gasteiger partial charge in [0.15, 0.2) is 0 Å². The molecule has 0 aromatic heterocycles. The maximum Gasteiger partial charge on any atom is 0.0206 e. The first kappa shape index (κ1) is 18.0. The molecule has 0 spiro atoms. The molecular formula is C19H39N. The standard InChI is InChI=1S/C19H39N/c1-4-6-8-11-15-19(16-12-10-13-17-19)20(3)18-14-9-7-5-2/h4-18H2,1-3H3. The van der Waals surface area contributed by atoms with E-state index in [0.29, 0.717) is 5.54 Å². The lowest BCUT2D eigenvalue weighted by atomic mass is 9.76. The molecule has 1 rings (SSSR count). The van der Waals surface area contributed by atoms with Gasteiger partial charge in [0.1, 0.15) is 0 Å². The van der Waals surface area contributed by atoms with E-state index in [2.05, 4.69) is 25.8 Å². The van der Waals surface area contributed by atoms with Gasteiger partial charge in [0.2, 0.25) is 0 Å². The van der Waals surface area contributed by atoms with E-state index in [1.165, 1.54) is 96.4 Å². The van der Waals surface area contributed by atoms with Gasteiger partial charge < -0.3 is 4.90 Å². The van der Waals surface area contributed by atoms with Crippen LogP contribution in [0.15, 0.2) is 0 Å². The Morgan fingerprint density at radius 1 is 0.750 bits per heavy atom. The van der Waals surface area contributed by atoms with Gasteiger partial charge in [-0.25, -0.2) is 0 Å². The molecule has 0 saturated heterocycles. The molecule has 120 valence electrons. The molecule has 1 aliphatic carbocycles. The Bertz CT molecular complexity index is 218. The average molecular weight is 282 g/mol. The number of hydrogen-bond donors (Lipinski definition) is 0. The Balaban J connectivity index is 2.39. The second-order valence-corrected chi connectivity index (χ2v) is 7.08. The van der Waals surface area contributed by atoms with Gasteiger partial charge >= 0.3 is 0 Å². The van der Waals surface area contributed by atoms with Crippen LogP contribution in [-0.4, -0.2) is 24.0 Å². The summed E-state index contributed by atoms with van der Waals surface area (Å²) in [5.74, 6) is 0. The van der Waals surface area contributed by atoms with Crippen LogP contribution >= 0.6 is 0 Å². The smallest absolute Gasteiger partial charge is 0.0206 e. The van der Waals surface area contributed by atoms with E-state index in [0.717, 1.165) is 0 Å². The van der Waals surface area contributed by atoms with Crippen molar-refractivity contribution >= 4 is 0 Å². The van der Waals surface area contributed by atoms with Gasteiger partial charge in [-0.2, -0.15) is 0 Å². The summed E-state index contributed by atoms with van der Waals surface area (Å²) in [6, 6.07) is 0. The highest BCUT2D eigenvalue weighted by atomic mass is 15.2. The van der Waals surface area contributed by atoms with Gasteiger partial charge in [0, 0.05) is 5.54 Å². The van der Waals surface area contributed by atoms with Crippen LogP contribution in [0.25, 0.3) is 0 Å². The largest absolute Gasteiger partial charge is 0.301 e. The molecule has 0 amide bonds. The molecule has 0 aromatic carbocycles. The lowest BCUT2D eigenvalue weighted by molar-refractivity contribution is 0.0617. The molecule has 0 N–H and O–H groups in total. The minimum Gasteiger partial charge on any atom is -0.301 e. The molecule has 0 atom stereocenters. The highest BCUT2D eigenvalue weighted by Crippen LogP contribution is 2.37. The molecule has 1 aliphatic rings. The van der Waals surface area contributed by atoms with Crippen molar-refractivity contribution in [2.45, 2.75) is 109 Å². The molecule has 1 nitrogen and oxygen atoms in total. The fourth-order valence-corrected chi connectivity index (χ4v) is 3.93. The van der Waals surface area contributed by atoms with Crippen molar-refractivity contribution < 1.29 is 0 Å². The molecule has 20 heavy (non-hydrogen) atoms. The van der Waals surface area contributed by atoms with Crippen molar-refractivity contribution in [3.05, 3.63) is 0 Å². The fourth-order valence-electron chi connectivity index (χ4n) is 3.93. The van der Waals surface area contributed by atoms with Gasteiger partial charge in [0.25, 0.3) is 0 Å². The summed E-state index contributed by atoms with van der Waals surface area (Å²) >= 11 is 0. The maximum atomic E-state index is 2.76. The Hall–Kier alpha value is -0.0400. The zero-order valence-electron chi connectivity index (χ0n) is 14.6. The summed E-state index contributed by atoms with van der Waals surface area (Å²) in [6.07, 6.45) is 20.1. The van der Waals surface area contributed by atoms with E-state index in [-0.39, 0.29) is 0 Å². The molecule has 0 aromatic rings. The van der Waals surface area contributed by atoms with Gasteiger partial charge in [0.05, 0.1) is 0 Å². The first-order valence-corrected chi connectivity index (χ1v) is 9.46. The second kappa shape index (κ2) is 10.7. The van der Waals surface area contributed by atoms with E-state index in [1.807, 2.05) is 0 Å². The van der Waals surface area contributed by atoms with Gasteiger partial charge in [-0.05, 0) is 39.3 Å². The van der Waals surface area contributed by atoms with Crippen LogP contribution < -0.4 is 0 Å². The van der Waals surface area contributed by atoms with Gasteiger partial charge in [-0.1, -0.05) is 78.1 Å². The molecule has 0 bridgehead atoms. The molecule has 1 fully saturated rings. The van der Waals surface area contributed by atoms with Crippen LogP contribution in [0.4, 0.5) is 0 Å². The minimum absolute atomic E-state index is 0.568. The Labute approximate surface area is 128 Å². The zero-order chi connectivity index (χ0) is 14.7. The topological polar surface area (TPSA) is 3.24 Å². The van der Waals surface area contributed by atoms with Crippen molar-refractivity contribution in [1.29, 1.82) is 0 Å². The minimum atomic E-state index is 0.568. The number of rotatable bonds is 11. The third kappa shape index (κ3) is 6.16. The Morgan fingerprint density at radius 3 is 1.95 bits per heavy atom. The molecular weight excluding hydrogens is 242 g/mol. The van der Waals surface area contributed by atoms with E-state index >= 15 is 0 Å². The second-order valence-electron chi connectivity index (χ2n) is 7.08. The number of unbranched alkanes of at least 4 members (excludes halogenated alkanes) is 6. The quantitative estimate of drug-likeness (QED) is 0.409. The predicted octanol–water partition coefficient (Wildman–Crippen LogP) is 6.17. The molecule has 0 unspecified atom stereocenters. The van der Waals surface area contributed by atoms with Crippen molar-refractivity contribution in [1.82, 2.24) is 4.90 Å². The molecule has 0 radical (unpaired) electrons. The van der Waals surface area contributed by atoms with Crippen LogP contribution in [0.2, 0.25) is 0 Å². The molecule has 1 saturated carbocycles. The predicted molar refractivity (Wildman–Crippen MR) is 91.3 cm³/mol. The normalized spacial score (nSPS) is 18.6. The van der Waals surface area contributed by atoms with Gasteiger partial charge in [-0.15, -0.1) is 0 Å². The van der Waals surface area contributed by atoms with E-state index < -0.39 is 0 Å². The summed E-state index contributed by atoms with van der Waals surface area (Å²) in [6.45, 7) is 5.95. The monoisotopic (exact) mass is 281 g/mol. The highest BCUT2D eigenvalue weighted by Gasteiger charge is 2.34. The summed E-state index contributed by atoms with van der Waals surface area (Å²) in [5.41, 5.74) is 0.568. The third-order valence-electron chi connectivity index (χ3n) is 5.44. The van der Waals surface area contributed by atoms with E-state index in [1.54, 1.807) is 0 Å². The number of hydrogen-bond acceptors (Lipinski definition) is 1. The maximum absolute atomic E-state index is 2.76. The molecule has 1 heteroatoms. The summed E-state index contributed by atoms with van der Waals surface area (Å²) < 4.78 is 0.